The second-order valence-corrected chi connectivity index (χ2v) is 4.43. The van der Waals surface area contributed by atoms with Crippen molar-refractivity contribution in [3.05, 3.63) is 0 Å². The third-order valence-corrected chi connectivity index (χ3v) is 3.35. The molecule has 2 heterocycles. The van der Waals surface area contributed by atoms with Gasteiger partial charge in [0.05, 0.1) is 6.10 Å². The van der Waals surface area contributed by atoms with E-state index in [2.05, 4.69) is 4.90 Å². The zero-order chi connectivity index (χ0) is 10.7. The van der Waals surface area contributed by atoms with Gasteiger partial charge in [-0.2, -0.15) is 0 Å². The van der Waals surface area contributed by atoms with Crippen LogP contribution in [-0.2, 0) is 9.53 Å². The van der Waals surface area contributed by atoms with Crippen LogP contribution in [0.3, 0.4) is 0 Å². The summed E-state index contributed by atoms with van der Waals surface area (Å²) in [6.45, 7) is 2.55. The molecule has 2 aliphatic rings. The summed E-state index contributed by atoms with van der Waals surface area (Å²) in [6.07, 6.45) is 5.29. The summed E-state index contributed by atoms with van der Waals surface area (Å²) in [5.74, 6) is -0.719. The van der Waals surface area contributed by atoms with Crippen LogP contribution in [-0.4, -0.2) is 47.8 Å². The van der Waals surface area contributed by atoms with Gasteiger partial charge in [-0.15, -0.1) is 0 Å². The second kappa shape index (κ2) is 4.94. The van der Waals surface area contributed by atoms with E-state index < -0.39 is 12.0 Å². The molecule has 0 saturated carbocycles. The van der Waals surface area contributed by atoms with Crippen LogP contribution in [0.5, 0.6) is 0 Å². The highest BCUT2D eigenvalue weighted by Gasteiger charge is 2.36. The summed E-state index contributed by atoms with van der Waals surface area (Å²) >= 11 is 0. The number of rotatable bonds is 3. The highest BCUT2D eigenvalue weighted by molar-refractivity contribution is 5.74. The molecule has 2 atom stereocenters. The summed E-state index contributed by atoms with van der Waals surface area (Å²) in [4.78, 5) is 13.3. The molecule has 0 aliphatic carbocycles. The molecule has 2 aliphatic heterocycles. The molecule has 2 saturated heterocycles. The van der Waals surface area contributed by atoms with Crippen molar-refractivity contribution in [2.24, 2.45) is 0 Å². The normalized spacial score (nSPS) is 30.3. The van der Waals surface area contributed by atoms with Crippen molar-refractivity contribution < 1.29 is 14.6 Å². The Morgan fingerprint density at radius 2 is 2.00 bits per heavy atom. The van der Waals surface area contributed by atoms with Gasteiger partial charge in [-0.05, 0) is 38.8 Å². The Morgan fingerprint density at radius 1 is 1.27 bits per heavy atom. The van der Waals surface area contributed by atoms with Gasteiger partial charge in [-0.25, -0.2) is 0 Å². The number of carboxylic acids is 1. The summed E-state index contributed by atoms with van der Waals surface area (Å²) in [5, 5.41) is 9.26. The molecule has 0 aromatic heterocycles. The van der Waals surface area contributed by atoms with Crippen LogP contribution in [0.25, 0.3) is 0 Å². The molecule has 86 valence electrons. The summed E-state index contributed by atoms with van der Waals surface area (Å²) in [5.41, 5.74) is 0. The molecule has 0 amide bonds. The van der Waals surface area contributed by atoms with Crippen LogP contribution in [0.4, 0.5) is 0 Å². The molecule has 2 unspecified atom stereocenters. The molecule has 1 N–H and O–H groups in total. The lowest BCUT2D eigenvalue weighted by Gasteiger charge is -2.34. The maximum absolute atomic E-state index is 11.3. The summed E-state index contributed by atoms with van der Waals surface area (Å²) in [7, 11) is 0. The van der Waals surface area contributed by atoms with E-state index in [1.54, 1.807) is 0 Å². The Morgan fingerprint density at radius 3 is 2.53 bits per heavy atom. The zero-order valence-electron chi connectivity index (χ0n) is 9.02. The van der Waals surface area contributed by atoms with Crippen LogP contribution in [0, 0.1) is 0 Å². The Hall–Kier alpha value is -0.610. The fourth-order valence-electron chi connectivity index (χ4n) is 2.60. The van der Waals surface area contributed by atoms with Crippen LogP contribution in [0.2, 0.25) is 0 Å². The summed E-state index contributed by atoms with van der Waals surface area (Å²) in [6, 6.07) is -0.409. The fraction of sp³-hybridized carbons (Fsp3) is 0.909. The Labute approximate surface area is 90.2 Å². The van der Waals surface area contributed by atoms with Gasteiger partial charge in [0, 0.05) is 6.61 Å². The number of piperidine rings is 1. The van der Waals surface area contributed by atoms with Crippen LogP contribution in [0.15, 0.2) is 0 Å². The molecule has 0 aromatic rings. The van der Waals surface area contributed by atoms with Crippen LogP contribution in [0.1, 0.15) is 32.1 Å². The minimum atomic E-state index is -0.719. The van der Waals surface area contributed by atoms with E-state index in [1.165, 1.54) is 6.42 Å². The number of likely N-dealkylation sites (tertiary alicyclic amines) is 1. The molecule has 2 fully saturated rings. The van der Waals surface area contributed by atoms with E-state index in [-0.39, 0.29) is 6.10 Å². The van der Waals surface area contributed by atoms with Crippen molar-refractivity contribution in [2.75, 3.05) is 19.7 Å². The predicted molar refractivity (Wildman–Crippen MR) is 55.8 cm³/mol. The Balaban J connectivity index is 2.00. The lowest BCUT2D eigenvalue weighted by Crippen LogP contribution is -2.50. The van der Waals surface area contributed by atoms with E-state index in [1.807, 2.05) is 0 Å². The molecule has 4 heteroatoms. The molecular weight excluding hydrogens is 194 g/mol. The first-order chi connectivity index (χ1) is 7.29. The van der Waals surface area contributed by atoms with Crippen molar-refractivity contribution in [2.45, 2.75) is 44.2 Å². The van der Waals surface area contributed by atoms with Gasteiger partial charge in [-0.3, -0.25) is 9.69 Å². The predicted octanol–water partition coefficient (Wildman–Crippen LogP) is 1.10. The molecule has 2 rings (SSSR count). The molecular formula is C11H19NO3. The third-order valence-electron chi connectivity index (χ3n) is 3.35. The van der Waals surface area contributed by atoms with Crippen molar-refractivity contribution in [3.63, 3.8) is 0 Å². The van der Waals surface area contributed by atoms with Crippen LogP contribution >= 0.6 is 0 Å². The lowest BCUT2D eigenvalue weighted by molar-refractivity contribution is -0.149. The van der Waals surface area contributed by atoms with Crippen molar-refractivity contribution >= 4 is 5.97 Å². The topological polar surface area (TPSA) is 49.8 Å². The number of carboxylic acid groups (broad SMARTS) is 1. The molecule has 0 aromatic carbocycles. The number of carbonyl (C=O) groups is 1. The second-order valence-electron chi connectivity index (χ2n) is 4.43. The highest BCUT2D eigenvalue weighted by atomic mass is 16.5. The van der Waals surface area contributed by atoms with Gasteiger partial charge in [-0.1, -0.05) is 6.42 Å². The van der Waals surface area contributed by atoms with E-state index in [4.69, 9.17) is 4.74 Å². The van der Waals surface area contributed by atoms with Gasteiger partial charge in [0.1, 0.15) is 6.04 Å². The zero-order valence-corrected chi connectivity index (χ0v) is 9.02. The number of ether oxygens (including phenoxy) is 1. The molecule has 15 heavy (non-hydrogen) atoms. The molecule has 0 radical (unpaired) electrons. The van der Waals surface area contributed by atoms with Crippen molar-refractivity contribution in [3.8, 4) is 0 Å². The van der Waals surface area contributed by atoms with Gasteiger partial charge < -0.3 is 9.84 Å². The van der Waals surface area contributed by atoms with E-state index in [0.29, 0.717) is 0 Å². The Kier molecular flexibility index (Phi) is 3.59. The quantitative estimate of drug-likeness (QED) is 0.763. The van der Waals surface area contributed by atoms with Crippen molar-refractivity contribution in [1.29, 1.82) is 0 Å². The minimum Gasteiger partial charge on any atom is -0.480 e. The van der Waals surface area contributed by atoms with E-state index in [0.717, 1.165) is 45.4 Å². The standard InChI is InChI=1S/C11H19NO3/c13-11(14)10(9-5-4-8-15-9)12-6-2-1-3-7-12/h9-10H,1-8H2,(H,13,14). The molecule has 4 nitrogen and oxygen atoms in total. The molecule has 0 bridgehead atoms. The van der Waals surface area contributed by atoms with E-state index in [9.17, 15) is 9.90 Å². The van der Waals surface area contributed by atoms with E-state index >= 15 is 0 Å². The number of hydrogen-bond donors (Lipinski definition) is 1. The van der Waals surface area contributed by atoms with Crippen LogP contribution < -0.4 is 0 Å². The maximum Gasteiger partial charge on any atom is 0.323 e. The number of nitrogens with zero attached hydrogens (tertiary/aromatic N) is 1. The molecule has 0 spiro atoms. The maximum atomic E-state index is 11.3. The van der Waals surface area contributed by atoms with Gasteiger partial charge in [0.15, 0.2) is 0 Å². The average molecular weight is 213 g/mol. The largest absolute Gasteiger partial charge is 0.480 e. The lowest BCUT2D eigenvalue weighted by atomic mass is 10.0. The fourth-order valence-corrected chi connectivity index (χ4v) is 2.60. The number of aliphatic carboxylic acids is 1. The number of hydrogen-bond acceptors (Lipinski definition) is 3. The van der Waals surface area contributed by atoms with Crippen molar-refractivity contribution in [1.82, 2.24) is 4.90 Å². The third kappa shape index (κ3) is 2.49. The smallest absolute Gasteiger partial charge is 0.323 e. The first-order valence-corrected chi connectivity index (χ1v) is 5.87. The van der Waals surface area contributed by atoms with Gasteiger partial charge in [0.25, 0.3) is 0 Å². The van der Waals surface area contributed by atoms with Gasteiger partial charge >= 0.3 is 5.97 Å². The average Bonchev–Trinajstić information content (AvgIpc) is 2.72. The SMILES string of the molecule is O=C(O)C(C1CCCO1)N1CCCCC1. The minimum absolute atomic E-state index is 0.0828. The first-order valence-electron chi connectivity index (χ1n) is 5.87. The monoisotopic (exact) mass is 213 g/mol. The first kappa shape index (κ1) is 10.9. The van der Waals surface area contributed by atoms with Gasteiger partial charge in [0.2, 0.25) is 0 Å². The summed E-state index contributed by atoms with van der Waals surface area (Å²) < 4.78 is 5.51. The Bertz CT molecular complexity index is 220. The highest BCUT2D eigenvalue weighted by Crippen LogP contribution is 2.22.